The van der Waals surface area contributed by atoms with Crippen molar-refractivity contribution in [3.05, 3.63) is 46.2 Å². The Morgan fingerprint density at radius 3 is 3.11 bits per heavy atom. The van der Waals surface area contributed by atoms with Crippen molar-refractivity contribution in [2.75, 3.05) is 6.61 Å². The first-order valence-electron chi connectivity index (χ1n) is 5.51. The molecule has 19 heavy (non-hydrogen) atoms. The number of hydrogen-bond donors (Lipinski definition) is 2. The smallest absolute Gasteiger partial charge is 0.271 e. The Kier molecular flexibility index (Phi) is 4.61. The number of rotatable bonds is 3. The van der Waals surface area contributed by atoms with Gasteiger partial charge >= 0.3 is 0 Å². The van der Waals surface area contributed by atoms with Crippen LogP contribution in [0.25, 0.3) is 0 Å². The summed E-state index contributed by atoms with van der Waals surface area (Å²) in [4.78, 5) is 20.1. The van der Waals surface area contributed by atoms with E-state index in [9.17, 15) is 4.79 Å². The van der Waals surface area contributed by atoms with E-state index in [-0.39, 0.29) is 18.2 Å². The Morgan fingerprint density at radius 1 is 1.47 bits per heavy atom. The Labute approximate surface area is 114 Å². The molecule has 6 heteroatoms. The zero-order valence-electron chi connectivity index (χ0n) is 9.96. The van der Waals surface area contributed by atoms with Crippen molar-refractivity contribution < 1.29 is 9.90 Å². The van der Waals surface area contributed by atoms with E-state index in [2.05, 4.69) is 27.1 Å². The first-order valence-corrected chi connectivity index (χ1v) is 6.45. The summed E-state index contributed by atoms with van der Waals surface area (Å²) in [6, 6.07) is 3.38. The average Bonchev–Trinajstić information content (AvgIpc) is 2.96. The number of nitrogens with one attached hydrogen (secondary N) is 1. The van der Waals surface area contributed by atoms with E-state index < -0.39 is 0 Å². The summed E-state index contributed by atoms with van der Waals surface area (Å²) >= 11 is 1.47. The molecule has 2 rings (SSSR count). The molecule has 0 fully saturated rings. The SMILES string of the molecule is O=C(NCc1cscn1)c1ncccc1C#CCO. The molecule has 1 amide bonds. The highest BCUT2D eigenvalue weighted by atomic mass is 32.1. The van der Waals surface area contributed by atoms with Crippen molar-refractivity contribution in [3.8, 4) is 11.8 Å². The van der Waals surface area contributed by atoms with Gasteiger partial charge in [0, 0.05) is 11.6 Å². The molecule has 0 aliphatic heterocycles. The van der Waals surface area contributed by atoms with Gasteiger partial charge in [0.2, 0.25) is 0 Å². The predicted octanol–water partition coefficient (Wildman–Crippen LogP) is 0.812. The number of amides is 1. The summed E-state index contributed by atoms with van der Waals surface area (Å²) in [6.07, 6.45) is 1.53. The predicted molar refractivity (Wildman–Crippen MR) is 71.5 cm³/mol. The average molecular weight is 273 g/mol. The van der Waals surface area contributed by atoms with Gasteiger partial charge < -0.3 is 10.4 Å². The van der Waals surface area contributed by atoms with Crippen molar-refractivity contribution in [2.45, 2.75) is 6.54 Å². The van der Waals surface area contributed by atoms with E-state index in [1.165, 1.54) is 17.5 Å². The van der Waals surface area contributed by atoms with Gasteiger partial charge in [0.1, 0.15) is 12.3 Å². The van der Waals surface area contributed by atoms with Gasteiger partial charge in [-0.05, 0) is 12.1 Å². The molecule has 96 valence electrons. The fraction of sp³-hybridized carbons (Fsp3) is 0.154. The van der Waals surface area contributed by atoms with Gasteiger partial charge in [0.15, 0.2) is 0 Å². The van der Waals surface area contributed by atoms with Gasteiger partial charge in [0.25, 0.3) is 5.91 Å². The first kappa shape index (κ1) is 13.2. The van der Waals surface area contributed by atoms with Crippen LogP contribution in [-0.4, -0.2) is 27.6 Å². The number of aromatic nitrogens is 2. The van der Waals surface area contributed by atoms with Crippen molar-refractivity contribution in [3.63, 3.8) is 0 Å². The summed E-state index contributed by atoms with van der Waals surface area (Å²) in [7, 11) is 0. The molecule has 0 aromatic carbocycles. The topological polar surface area (TPSA) is 75.1 Å². The van der Waals surface area contributed by atoms with Crippen molar-refractivity contribution in [1.29, 1.82) is 0 Å². The Balaban J connectivity index is 2.10. The minimum absolute atomic E-state index is 0.249. The standard InChI is InChI=1S/C13H11N3O2S/c17-6-2-4-10-3-1-5-14-12(10)13(18)15-7-11-8-19-9-16-11/h1,3,5,8-9,17H,6-7H2,(H,15,18). The minimum Gasteiger partial charge on any atom is -0.384 e. The van der Waals surface area contributed by atoms with Gasteiger partial charge in [-0.2, -0.15) is 0 Å². The molecule has 0 saturated carbocycles. The quantitative estimate of drug-likeness (QED) is 0.812. The van der Waals surface area contributed by atoms with Crippen molar-refractivity contribution in [1.82, 2.24) is 15.3 Å². The Bertz CT molecular complexity index is 614. The lowest BCUT2D eigenvalue weighted by Crippen LogP contribution is -2.24. The molecule has 2 aromatic heterocycles. The molecule has 5 nitrogen and oxygen atoms in total. The van der Waals surface area contributed by atoms with Crippen LogP contribution in [0.4, 0.5) is 0 Å². The molecule has 0 atom stereocenters. The van der Waals surface area contributed by atoms with Gasteiger partial charge in [-0.1, -0.05) is 11.8 Å². The molecule has 0 saturated heterocycles. The van der Waals surface area contributed by atoms with Crippen LogP contribution in [0.15, 0.2) is 29.2 Å². The zero-order valence-corrected chi connectivity index (χ0v) is 10.8. The third kappa shape index (κ3) is 3.61. The first-order chi connectivity index (χ1) is 9.31. The van der Waals surface area contributed by atoms with Gasteiger partial charge in [-0.3, -0.25) is 4.79 Å². The number of aliphatic hydroxyl groups is 1. The van der Waals surface area contributed by atoms with Crippen molar-refractivity contribution in [2.24, 2.45) is 0 Å². The van der Waals surface area contributed by atoms with Crippen LogP contribution in [0.1, 0.15) is 21.7 Å². The Morgan fingerprint density at radius 2 is 2.37 bits per heavy atom. The number of carbonyl (C=O) groups excluding carboxylic acids is 1. The third-order valence-electron chi connectivity index (χ3n) is 2.24. The minimum atomic E-state index is -0.309. The number of hydrogen-bond acceptors (Lipinski definition) is 5. The van der Waals surface area contributed by atoms with Crippen LogP contribution >= 0.6 is 11.3 Å². The van der Waals surface area contributed by atoms with Crippen LogP contribution in [0, 0.1) is 11.8 Å². The normalized spacial score (nSPS) is 9.53. The van der Waals surface area contributed by atoms with E-state index in [0.29, 0.717) is 12.1 Å². The number of aliphatic hydroxyl groups excluding tert-OH is 1. The molecular weight excluding hydrogens is 262 g/mol. The highest BCUT2D eigenvalue weighted by Crippen LogP contribution is 2.05. The van der Waals surface area contributed by atoms with Crippen LogP contribution in [0.3, 0.4) is 0 Å². The maximum atomic E-state index is 12.0. The summed E-state index contributed by atoms with van der Waals surface area (Å²) in [5.74, 6) is 4.90. The Hall–Kier alpha value is -2.23. The summed E-state index contributed by atoms with van der Waals surface area (Å²) < 4.78 is 0. The highest BCUT2D eigenvalue weighted by molar-refractivity contribution is 7.07. The molecule has 0 unspecified atom stereocenters. The van der Waals surface area contributed by atoms with Crippen LogP contribution in [-0.2, 0) is 6.54 Å². The second-order valence-corrected chi connectivity index (χ2v) is 4.24. The van der Waals surface area contributed by atoms with E-state index in [0.717, 1.165) is 5.69 Å². The maximum Gasteiger partial charge on any atom is 0.271 e. The van der Waals surface area contributed by atoms with Crippen LogP contribution in [0.5, 0.6) is 0 Å². The third-order valence-corrected chi connectivity index (χ3v) is 2.87. The molecule has 0 radical (unpaired) electrons. The molecule has 2 N–H and O–H groups in total. The largest absolute Gasteiger partial charge is 0.384 e. The number of carbonyl (C=O) groups is 1. The lowest BCUT2D eigenvalue weighted by molar-refractivity contribution is 0.0945. The summed E-state index contributed by atoms with van der Waals surface area (Å²) in [5, 5.41) is 13.3. The molecule has 0 aliphatic carbocycles. The lowest BCUT2D eigenvalue weighted by atomic mass is 10.2. The van der Waals surface area contributed by atoms with Gasteiger partial charge in [-0.15, -0.1) is 11.3 Å². The van der Waals surface area contributed by atoms with Gasteiger partial charge in [-0.25, -0.2) is 9.97 Å². The second kappa shape index (κ2) is 6.64. The lowest BCUT2D eigenvalue weighted by Gasteiger charge is -2.04. The van der Waals surface area contributed by atoms with E-state index in [1.807, 2.05) is 5.38 Å². The van der Waals surface area contributed by atoms with Crippen molar-refractivity contribution >= 4 is 17.2 Å². The summed E-state index contributed by atoms with van der Waals surface area (Å²) in [6.45, 7) is 0.0978. The number of pyridine rings is 1. The fourth-order valence-electron chi connectivity index (χ4n) is 1.40. The van der Waals surface area contributed by atoms with Crippen LogP contribution in [0.2, 0.25) is 0 Å². The highest BCUT2D eigenvalue weighted by Gasteiger charge is 2.11. The molecule has 2 heterocycles. The van der Waals surface area contributed by atoms with E-state index >= 15 is 0 Å². The molecule has 0 aliphatic rings. The molecule has 0 bridgehead atoms. The number of nitrogens with zero attached hydrogens (tertiary/aromatic N) is 2. The zero-order chi connectivity index (χ0) is 13.5. The fourth-order valence-corrected chi connectivity index (χ4v) is 1.96. The maximum absolute atomic E-state index is 12.0. The van der Waals surface area contributed by atoms with E-state index in [4.69, 9.17) is 5.11 Å². The van der Waals surface area contributed by atoms with E-state index in [1.54, 1.807) is 17.6 Å². The van der Waals surface area contributed by atoms with Crippen LogP contribution < -0.4 is 5.32 Å². The van der Waals surface area contributed by atoms with Gasteiger partial charge in [0.05, 0.1) is 23.3 Å². The second-order valence-electron chi connectivity index (χ2n) is 3.52. The molecule has 0 spiro atoms. The monoisotopic (exact) mass is 273 g/mol. The summed E-state index contributed by atoms with van der Waals surface area (Å²) in [5.41, 5.74) is 3.25. The molecule has 2 aromatic rings. The number of thiazole rings is 1. The molecular formula is C13H11N3O2S.